The summed E-state index contributed by atoms with van der Waals surface area (Å²) in [5.74, 6) is -0.352. The molecule has 0 bridgehead atoms. The fourth-order valence-corrected chi connectivity index (χ4v) is 3.59. The molecule has 142 valence electrons. The minimum atomic E-state index is -3.58. The van der Waals surface area contributed by atoms with Gasteiger partial charge in [0.25, 0.3) is 5.56 Å². The van der Waals surface area contributed by atoms with Crippen molar-refractivity contribution in [2.75, 3.05) is 19.9 Å². The van der Waals surface area contributed by atoms with Crippen molar-refractivity contribution < 1.29 is 22.6 Å². The Kier molecular flexibility index (Phi) is 6.16. The number of nitrogens with one attached hydrogen (secondary N) is 2. The molecule has 25 heavy (non-hydrogen) atoms. The highest BCUT2D eigenvalue weighted by atomic mass is 32.2. The number of sulfonamides is 1. The third kappa shape index (κ3) is 4.55. The van der Waals surface area contributed by atoms with E-state index in [0.717, 1.165) is 4.57 Å². The first-order valence-corrected chi connectivity index (χ1v) is 9.40. The smallest absolute Gasteiger partial charge is 0.330 e. The molecule has 2 rings (SSSR count). The van der Waals surface area contributed by atoms with Gasteiger partial charge in [-0.3, -0.25) is 14.3 Å². The first-order valence-electron chi connectivity index (χ1n) is 7.75. The van der Waals surface area contributed by atoms with E-state index in [1.165, 1.54) is 26.4 Å². The lowest BCUT2D eigenvalue weighted by atomic mass is 10.1. The molecule has 1 saturated heterocycles. The predicted molar refractivity (Wildman–Crippen MR) is 88.9 cm³/mol. The molecule has 1 aromatic rings. The van der Waals surface area contributed by atoms with E-state index >= 15 is 0 Å². The van der Waals surface area contributed by atoms with Gasteiger partial charge in [-0.1, -0.05) is 0 Å². The van der Waals surface area contributed by atoms with E-state index in [4.69, 9.17) is 14.2 Å². The van der Waals surface area contributed by atoms with E-state index in [1.807, 2.05) is 0 Å². The summed E-state index contributed by atoms with van der Waals surface area (Å²) in [4.78, 5) is 25.5. The quantitative estimate of drug-likeness (QED) is 0.610. The first-order chi connectivity index (χ1) is 11.7. The lowest BCUT2D eigenvalue weighted by molar-refractivity contribution is -0.0777. The third-order valence-corrected chi connectivity index (χ3v) is 5.20. The van der Waals surface area contributed by atoms with E-state index in [9.17, 15) is 18.0 Å². The van der Waals surface area contributed by atoms with Crippen molar-refractivity contribution in [1.29, 1.82) is 0 Å². The molecule has 0 saturated carbocycles. The van der Waals surface area contributed by atoms with Crippen molar-refractivity contribution >= 4 is 10.0 Å². The summed E-state index contributed by atoms with van der Waals surface area (Å²) in [6.07, 6.45) is -2.17. The van der Waals surface area contributed by atoms with Gasteiger partial charge in [0.2, 0.25) is 10.0 Å². The molecule has 11 heteroatoms. The minimum absolute atomic E-state index is 0.211. The Hall–Kier alpha value is -1.53. The number of aromatic amines is 1. The Bertz CT molecular complexity index is 801. The van der Waals surface area contributed by atoms with Gasteiger partial charge in [0, 0.05) is 19.4 Å². The fourth-order valence-electron chi connectivity index (χ4n) is 2.72. The highest BCUT2D eigenvalue weighted by Crippen LogP contribution is 2.33. The molecule has 0 amide bonds. The summed E-state index contributed by atoms with van der Waals surface area (Å²) < 4.78 is 44.3. The number of aromatic nitrogens is 2. The third-order valence-electron chi connectivity index (χ3n) is 3.81. The zero-order chi connectivity index (χ0) is 18.8. The molecular formula is C14H23N3O7S. The number of rotatable bonds is 7. The van der Waals surface area contributed by atoms with Gasteiger partial charge in [0.1, 0.15) is 18.3 Å². The van der Waals surface area contributed by atoms with Crippen LogP contribution in [0, 0.1) is 0 Å². The van der Waals surface area contributed by atoms with Crippen molar-refractivity contribution in [2.45, 2.75) is 44.5 Å². The van der Waals surface area contributed by atoms with Gasteiger partial charge in [-0.05, 0) is 20.9 Å². The monoisotopic (exact) mass is 377 g/mol. The Morgan fingerprint density at radius 2 is 2.04 bits per heavy atom. The molecular weight excluding hydrogens is 354 g/mol. The molecule has 4 atom stereocenters. The molecule has 2 N–H and O–H groups in total. The zero-order valence-corrected chi connectivity index (χ0v) is 15.3. The topological polar surface area (TPSA) is 129 Å². The number of hydrogen-bond acceptors (Lipinski definition) is 7. The van der Waals surface area contributed by atoms with Crippen molar-refractivity contribution in [3.8, 4) is 0 Å². The van der Waals surface area contributed by atoms with Gasteiger partial charge in [-0.15, -0.1) is 0 Å². The van der Waals surface area contributed by atoms with Crippen molar-refractivity contribution in [3.63, 3.8) is 0 Å². The molecule has 1 aromatic heterocycles. The molecule has 1 fully saturated rings. The maximum Gasteiger partial charge on any atom is 0.330 e. The standard InChI is InChI=1S/C14H23N3O7S/c1-8(2)23-11-9(7-25(20,21)15-3)24-13(12(11)22-4)17-6-5-10(18)16-14(17)19/h5-6,8-9,11-13,15H,7H2,1-4H3,(H,16,18,19)/t9?,11-,12-,13-/m1/s1. The summed E-state index contributed by atoms with van der Waals surface area (Å²) in [5.41, 5.74) is -1.22. The summed E-state index contributed by atoms with van der Waals surface area (Å²) in [7, 11) is -0.856. The normalized spacial score (nSPS) is 27.1. The van der Waals surface area contributed by atoms with E-state index in [-0.39, 0.29) is 11.9 Å². The van der Waals surface area contributed by atoms with E-state index < -0.39 is 45.8 Å². The zero-order valence-electron chi connectivity index (χ0n) is 14.5. The van der Waals surface area contributed by atoms with Crippen LogP contribution in [0.1, 0.15) is 20.1 Å². The van der Waals surface area contributed by atoms with Crippen LogP contribution in [0.2, 0.25) is 0 Å². The maximum atomic E-state index is 12.1. The molecule has 1 aliphatic heterocycles. The summed E-state index contributed by atoms with van der Waals surface area (Å²) in [6.45, 7) is 3.60. The summed E-state index contributed by atoms with van der Waals surface area (Å²) in [6, 6.07) is 1.17. The van der Waals surface area contributed by atoms with Gasteiger partial charge in [-0.25, -0.2) is 17.9 Å². The van der Waals surface area contributed by atoms with Crippen LogP contribution in [0.4, 0.5) is 0 Å². The Morgan fingerprint density at radius 3 is 2.56 bits per heavy atom. The number of ether oxygens (including phenoxy) is 3. The van der Waals surface area contributed by atoms with Gasteiger partial charge in [-0.2, -0.15) is 0 Å². The molecule has 1 unspecified atom stereocenters. The second-order valence-corrected chi connectivity index (χ2v) is 7.89. The van der Waals surface area contributed by atoms with Crippen LogP contribution >= 0.6 is 0 Å². The van der Waals surface area contributed by atoms with Gasteiger partial charge in [0.15, 0.2) is 6.23 Å². The van der Waals surface area contributed by atoms with E-state index in [1.54, 1.807) is 13.8 Å². The Balaban J connectivity index is 2.41. The summed E-state index contributed by atoms with van der Waals surface area (Å²) in [5, 5.41) is 0. The number of nitrogens with zero attached hydrogens (tertiary/aromatic N) is 1. The fraction of sp³-hybridized carbons (Fsp3) is 0.714. The van der Waals surface area contributed by atoms with Crippen LogP contribution in [0.15, 0.2) is 21.9 Å². The maximum absolute atomic E-state index is 12.1. The van der Waals surface area contributed by atoms with E-state index in [0.29, 0.717) is 0 Å². The first kappa shape index (κ1) is 19.8. The molecule has 10 nitrogen and oxygen atoms in total. The molecule has 0 aliphatic carbocycles. The molecule has 0 radical (unpaired) electrons. The van der Waals surface area contributed by atoms with Crippen LogP contribution < -0.4 is 16.0 Å². The number of hydrogen-bond donors (Lipinski definition) is 2. The second kappa shape index (κ2) is 7.79. The van der Waals surface area contributed by atoms with Gasteiger partial charge in [0.05, 0.1) is 11.9 Å². The molecule has 0 spiro atoms. The van der Waals surface area contributed by atoms with E-state index in [2.05, 4.69) is 9.71 Å². The van der Waals surface area contributed by atoms with Crippen LogP contribution in [-0.4, -0.2) is 62.3 Å². The minimum Gasteiger partial charge on any atom is -0.374 e. The average Bonchev–Trinajstić information content (AvgIpc) is 2.83. The van der Waals surface area contributed by atoms with Crippen LogP contribution in [0.5, 0.6) is 0 Å². The molecule has 1 aliphatic rings. The van der Waals surface area contributed by atoms with Crippen LogP contribution in [-0.2, 0) is 24.2 Å². The largest absolute Gasteiger partial charge is 0.374 e. The predicted octanol–water partition coefficient (Wildman–Crippen LogP) is -1.21. The van der Waals surface area contributed by atoms with Crippen molar-refractivity contribution in [3.05, 3.63) is 33.1 Å². The summed E-state index contributed by atoms with van der Waals surface area (Å²) >= 11 is 0. The van der Waals surface area contributed by atoms with Gasteiger partial charge < -0.3 is 14.2 Å². The Morgan fingerprint density at radius 1 is 1.36 bits per heavy atom. The highest BCUT2D eigenvalue weighted by molar-refractivity contribution is 7.89. The van der Waals surface area contributed by atoms with Crippen LogP contribution in [0.25, 0.3) is 0 Å². The number of H-pyrrole nitrogens is 1. The lowest BCUT2D eigenvalue weighted by Gasteiger charge is -2.25. The number of methoxy groups -OCH3 is 1. The lowest BCUT2D eigenvalue weighted by Crippen LogP contribution is -2.42. The average molecular weight is 377 g/mol. The van der Waals surface area contributed by atoms with Crippen molar-refractivity contribution in [2.24, 2.45) is 0 Å². The highest BCUT2D eigenvalue weighted by Gasteiger charge is 2.48. The van der Waals surface area contributed by atoms with Gasteiger partial charge >= 0.3 is 5.69 Å². The SMILES string of the molecule is CNS(=O)(=O)CC1O[C@@H](n2ccc(=O)[nH]c2=O)[C@H](OC)[C@@H]1OC(C)C. The Labute approximate surface area is 145 Å². The van der Waals surface area contributed by atoms with Crippen molar-refractivity contribution in [1.82, 2.24) is 14.3 Å². The second-order valence-electron chi connectivity index (χ2n) is 5.92. The molecule has 0 aromatic carbocycles. The molecule has 2 heterocycles. The van der Waals surface area contributed by atoms with Crippen LogP contribution in [0.3, 0.4) is 0 Å².